The first kappa shape index (κ1) is 18.8. The molecule has 0 aliphatic rings. The molecular formula is C20H19F3O2. The summed E-state index contributed by atoms with van der Waals surface area (Å²) >= 11 is 0. The zero-order valence-electron chi connectivity index (χ0n) is 14.2. The van der Waals surface area contributed by atoms with Crippen molar-refractivity contribution < 1.29 is 23.1 Å². The number of rotatable bonds is 3. The first-order chi connectivity index (χ1) is 11.5. The van der Waals surface area contributed by atoms with Crippen molar-refractivity contribution in [2.24, 2.45) is 0 Å². The molecule has 0 atom stereocenters. The molecule has 0 bridgehead atoms. The fourth-order valence-corrected chi connectivity index (χ4v) is 2.45. The molecule has 2 aromatic carbocycles. The predicted octanol–water partition coefficient (Wildman–Crippen LogP) is 5.52. The Morgan fingerprint density at radius 2 is 1.24 bits per heavy atom. The number of halogens is 3. The first-order valence-electron chi connectivity index (χ1n) is 7.71. The summed E-state index contributed by atoms with van der Waals surface area (Å²) in [4.78, 5) is 11.2. The minimum atomic E-state index is -4.43. The van der Waals surface area contributed by atoms with Crippen LogP contribution in [0, 0.1) is 0 Å². The van der Waals surface area contributed by atoms with Gasteiger partial charge in [0.15, 0.2) is 0 Å². The van der Waals surface area contributed by atoms with E-state index in [-0.39, 0.29) is 5.41 Å². The molecule has 0 radical (unpaired) electrons. The Hall–Kier alpha value is -2.56. The Labute approximate surface area is 144 Å². The maximum atomic E-state index is 12.7. The highest BCUT2D eigenvalue weighted by Crippen LogP contribution is 2.32. The summed E-state index contributed by atoms with van der Waals surface area (Å²) in [7, 11) is 0. The molecule has 0 saturated heterocycles. The molecule has 1 N–H and O–H groups in total. The third-order valence-corrected chi connectivity index (χ3v) is 3.85. The van der Waals surface area contributed by atoms with Gasteiger partial charge in [-0.3, -0.25) is 0 Å². The largest absolute Gasteiger partial charge is 0.478 e. The Morgan fingerprint density at radius 3 is 1.56 bits per heavy atom. The molecule has 0 aromatic heterocycles. The lowest BCUT2D eigenvalue weighted by Crippen LogP contribution is -2.10. The number of carboxylic acid groups (broad SMARTS) is 1. The van der Waals surface area contributed by atoms with Crippen LogP contribution in [0.4, 0.5) is 13.2 Å². The average molecular weight is 348 g/mol. The topological polar surface area (TPSA) is 37.3 Å². The Bertz CT molecular complexity index is 718. The number of hydrogen-bond acceptors (Lipinski definition) is 1. The van der Waals surface area contributed by atoms with Crippen LogP contribution < -0.4 is 0 Å². The van der Waals surface area contributed by atoms with Gasteiger partial charge in [-0.15, -0.1) is 0 Å². The Morgan fingerprint density at radius 1 is 0.840 bits per heavy atom. The highest BCUT2D eigenvalue weighted by atomic mass is 19.4. The monoisotopic (exact) mass is 348 g/mol. The molecule has 2 rings (SSSR count). The van der Waals surface area contributed by atoms with Gasteiger partial charge in [0.25, 0.3) is 0 Å². The average Bonchev–Trinajstić information content (AvgIpc) is 2.51. The highest BCUT2D eigenvalue weighted by Gasteiger charge is 2.30. The van der Waals surface area contributed by atoms with Crippen molar-refractivity contribution in [1.29, 1.82) is 0 Å². The molecule has 25 heavy (non-hydrogen) atoms. The van der Waals surface area contributed by atoms with Crippen LogP contribution in [0.15, 0.2) is 54.6 Å². The van der Waals surface area contributed by atoms with Crippen molar-refractivity contribution >= 4 is 11.5 Å². The van der Waals surface area contributed by atoms with E-state index in [9.17, 15) is 18.0 Å². The van der Waals surface area contributed by atoms with Gasteiger partial charge in [-0.25, -0.2) is 4.79 Å². The van der Waals surface area contributed by atoms with Crippen LogP contribution in [0.5, 0.6) is 0 Å². The van der Waals surface area contributed by atoms with Gasteiger partial charge in [0.05, 0.1) is 5.56 Å². The SMILES string of the molecule is CC(C)(C)c1ccc(C(=CC(=O)O)c2ccc(C(F)(F)F)cc2)cc1. The van der Waals surface area contributed by atoms with Crippen LogP contribution in [0.3, 0.4) is 0 Å². The van der Waals surface area contributed by atoms with Crippen molar-refractivity contribution in [3.05, 3.63) is 76.9 Å². The third kappa shape index (κ3) is 4.72. The molecule has 0 spiro atoms. The van der Waals surface area contributed by atoms with Crippen molar-refractivity contribution in [2.45, 2.75) is 32.4 Å². The van der Waals surface area contributed by atoms with E-state index in [1.807, 2.05) is 12.1 Å². The summed E-state index contributed by atoms with van der Waals surface area (Å²) in [6.45, 7) is 6.18. The van der Waals surface area contributed by atoms with E-state index in [2.05, 4.69) is 20.8 Å². The zero-order valence-corrected chi connectivity index (χ0v) is 14.2. The predicted molar refractivity (Wildman–Crippen MR) is 91.3 cm³/mol. The fraction of sp³-hybridized carbons (Fsp3) is 0.250. The molecule has 0 amide bonds. The lowest BCUT2D eigenvalue weighted by Gasteiger charge is -2.19. The second-order valence-electron chi connectivity index (χ2n) is 6.80. The summed E-state index contributed by atoms with van der Waals surface area (Å²) in [5, 5.41) is 9.12. The lowest BCUT2D eigenvalue weighted by atomic mass is 9.85. The van der Waals surface area contributed by atoms with Crippen LogP contribution in [-0.4, -0.2) is 11.1 Å². The standard InChI is InChI=1S/C20H19F3O2/c1-19(2,3)15-8-4-13(5-9-15)17(12-18(24)25)14-6-10-16(11-7-14)20(21,22)23/h4-12H,1-3H3,(H,24,25). The van der Waals surface area contributed by atoms with Gasteiger partial charge in [-0.1, -0.05) is 57.2 Å². The number of carboxylic acids is 1. The van der Waals surface area contributed by atoms with E-state index in [0.717, 1.165) is 23.8 Å². The van der Waals surface area contributed by atoms with Crippen LogP contribution in [0.25, 0.3) is 5.57 Å². The number of benzene rings is 2. The summed E-state index contributed by atoms with van der Waals surface area (Å²) in [6.07, 6.45) is -3.42. The van der Waals surface area contributed by atoms with E-state index >= 15 is 0 Å². The van der Waals surface area contributed by atoms with Crippen molar-refractivity contribution in [1.82, 2.24) is 0 Å². The molecule has 0 fully saturated rings. The molecule has 0 unspecified atom stereocenters. The van der Waals surface area contributed by atoms with E-state index in [4.69, 9.17) is 5.11 Å². The maximum Gasteiger partial charge on any atom is 0.416 e. The first-order valence-corrected chi connectivity index (χ1v) is 7.71. The van der Waals surface area contributed by atoms with Crippen LogP contribution in [-0.2, 0) is 16.4 Å². The minimum Gasteiger partial charge on any atom is -0.478 e. The molecule has 0 heterocycles. The number of aliphatic carboxylic acids is 1. The van der Waals surface area contributed by atoms with E-state index < -0.39 is 17.7 Å². The summed E-state index contributed by atoms with van der Waals surface area (Å²) < 4.78 is 38.1. The number of hydrogen-bond donors (Lipinski definition) is 1. The van der Waals surface area contributed by atoms with Gasteiger partial charge in [-0.2, -0.15) is 13.2 Å². The molecule has 0 saturated carbocycles. The van der Waals surface area contributed by atoms with E-state index in [0.29, 0.717) is 16.7 Å². The molecule has 2 nitrogen and oxygen atoms in total. The molecule has 5 heteroatoms. The Kier molecular flexibility index (Phi) is 5.07. The van der Waals surface area contributed by atoms with Crippen LogP contribution >= 0.6 is 0 Å². The van der Waals surface area contributed by atoms with E-state index in [1.54, 1.807) is 12.1 Å². The lowest BCUT2D eigenvalue weighted by molar-refractivity contribution is -0.137. The van der Waals surface area contributed by atoms with E-state index in [1.165, 1.54) is 12.1 Å². The number of carbonyl (C=O) groups is 1. The number of alkyl halides is 3. The third-order valence-electron chi connectivity index (χ3n) is 3.85. The molecule has 0 aliphatic carbocycles. The highest BCUT2D eigenvalue weighted by molar-refractivity contribution is 5.95. The second-order valence-corrected chi connectivity index (χ2v) is 6.80. The van der Waals surface area contributed by atoms with Crippen LogP contribution in [0.2, 0.25) is 0 Å². The van der Waals surface area contributed by atoms with Gasteiger partial charge in [0, 0.05) is 6.08 Å². The molecule has 132 valence electrons. The quantitative estimate of drug-likeness (QED) is 0.742. The fourth-order valence-electron chi connectivity index (χ4n) is 2.45. The van der Waals surface area contributed by atoms with Crippen molar-refractivity contribution in [2.75, 3.05) is 0 Å². The van der Waals surface area contributed by atoms with Gasteiger partial charge in [-0.05, 0) is 39.8 Å². The zero-order chi connectivity index (χ0) is 18.8. The molecule has 2 aromatic rings. The minimum absolute atomic E-state index is 0.0520. The summed E-state index contributed by atoms with van der Waals surface area (Å²) in [5.74, 6) is -1.16. The second kappa shape index (κ2) is 6.75. The van der Waals surface area contributed by atoms with Gasteiger partial charge < -0.3 is 5.11 Å². The summed E-state index contributed by atoms with van der Waals surface area (Å²) in [6, 6.07) is 11.8. The smallest absolute Gasteiger partial charge is 0.416 e. The maximum absolute atomic E-state index is 12.7. The Balaban J connectivity index is 2.46. The van der Waals surface area contributed by atoms with Crippen molar-refractivity contribution in [3.63, 3.8) is 0 Å². The van der Waals surface area contributed by atoms with Crippen molar-refractivity contribution in [3.8, 4) is 0 Å². The van der Waals surface area contributed by atoms with Gasteiger partial charge in [0.1, 0.15) is 0 Å². The molecule has 0 aliphatic heterocycles. The van der Waals surface area contributed by atoms with Crippen LogP contribution in [0.1, 0.15) is 43.0 Å². The van der Waals surface area contributed by atoms with Gasteiger partial charge in [0.2, 0.25) is 0 Å². The summed E-state index contributed by atoms with van der Waals surface area (Å²) in [5.41, 5.74) is 1.67. The normalized spacial score (nSPS) is 13.0. The van der Waals surface area contributed by atoms with Gasteiger partial charge >= 0.3 is 12.1 Å². The molecular weight excluding hydrogens is 329 g/mol.